The van der Waals surface area contributed by atoms with Crippen molar-refractivity contribution in [1.82, 2.24) is 0 Å². The summed E-state index contributed by atoms with van der Waals surface area (Å²) in [6.45, 7) is 2.01. The van der Waals surface area contributed by atoms with Crippen LogP contribution in [-0.4, -0.2) is 6.10 Å². The van der Waals surface area contributed by atoms with Crippen molar-refractivity contribution in [3.8, 4) is 0 Å². The van der Waals surface area contributed by atoms with Crippen LogP contribution in [-0.2, 0) is 9.09 Å². The van der Waals surface area contributed by atoms with Crippen molar-refractivity contribution in [3.63, 3.8) is 0 Å². The number of hydrogen-bond acceptors (Lipinski definition) is 2. The van der Waals surface area contributed by atoms with Crippen LogP contribution in [0.1, 0.15) is 17.0 Å². The molecule has 1 heterocycles. The van der Waals surface area contributed by atoms with Crippen LogP contribution in [0.2, 0.25) is 0 Å². The summed E-state index contributed by atoms with van der Waals surface area (Å²) in [6, 6.07) is 15.8. The quantitative estimate of drug-likeness (QED) is 0.748. The maximum absolute atomic E-state index is 13.8. The molecule has 2 nitrogen and oxygen atoms in total. The summed E-state index contributed by atoms with van der Waals surface area (Å²) in [5, 5.41) is 1.61. The van der Waals surface area contributed by atoms with Gasteiger partial charge in [-0.3, -0.25) is 4.57 Å². The second-order valence-electron chi connectivity index (χ2n) is 5.81. The maximum atomic E-state index is 13.8. The Balaban J connectivity index is 1.95. The fourth-order valence-corrected chi connectivity index (χ4v) is 5.80. The molecule has 2 aromatic rings. The molecule has 1 aliphatic heterocycles. The van der Waals surface area contributed by atoms with E-state index in [0.717, 1.165) is 21.7 Å². The molecule has 0 saturated heterocycles. The van der Waals surface area contributed by atoms with Gasteiger partial charge in [-0.1, -0.05) is 60.2 Å². The minimum absolute atomic E-state index is 0.146. The summed E-state index contributed by atoms with van der Waals surface area (Å²) in [5.41, 5.74) is 2.21. The number of rotatable bonds is 1. The Hall–Kier alpha value is -1.89. The van der Waals surface area contributed by atoms with Crippen molar-refractivity contribution in [2.75, 3.05) is 0 Å². The van der Waals surface area contributed by atoms with E-state index in [-0.39, 0.29) is 12.0 Å². The molecule has 0 amide bonds. The predicted molar refractivity (Wildman–Crippen MR) is 90.4 cm³/mol. The van der Waals surface area contributed by atoms with Gasteiger partial charge in [0.05, 0.1) is 6.10 Å². The van der Waals surface area contributed by atoms with Crippen molar-refractivity contribution >= 4 is 18.0 Å². The third kappa shape index (κ3) is 2.03. The molecule has 0 saturated carbocycles. The summed E-state index contributed by atoms with van der Waals surface area (Å²) < 4.78 is 19.9. The molecule has 3 heteroatoms. The number of fused-ring (bicyclic) bond motifs is 3. The molecule has 2 aliphatic rings. The SMILES string of the molecule is Cc1cccc(P2(=O)OC3C=CC=CC3c3ccccc32)c1. The first-order valence-corrected chi connectivity index (χ1v) is 9.11. The number of aryl methyl sites for hydroxylation is 1. The van der Waals surface area contributed by atoms with E-state index in [4.69, 9.17) is 4.52 Å². The average molecular weight is 308 g/mol. The van der Waals surface area contributed by atoms with Crippen molar-refractivity contribution in [2.45, 2.75) is 18.9 Å². The van der Waals surface area contributed by atoms with Crippen LogP contribution in [0.4, 0.5) is 0 Å². The van der Waals surface area contributed by atoms with E-state index in [1.165, 1.54) is 0 Å². The summed E-state index contributed by atoms with van der Waals surface area (Å²) >= 11 is 0. The van der Waals surface area contributed by atoms with Gasteiger partial charge in [-0.25, -0.2) is 0 Å². The Kier molecular flexibility index (Phi) is 3.18. The second kappa shape index (κ2) is 5.08. The number of benzene rings is 2. The van der Waals surface area contributed by atoms with Crippen molar-refractivity contribution in [1.29, 1.82) is 0 Å². The summed E-state index contributed by atoms with van der Waals surface area (Å²) in [5.74, 6) is 0.146. The minimum atomic E-state index is -3.06. The largest absolute Gasteiger partial charge is 0.314 e. The van der Waals surface area contributed by atoms with Gasteiger partial charge in [0, 0.05) is 16.5 Å². The third-order valence-electron chi connectivity index (χ3n) is 4.31. The van der Waals surface area contributed by atoms with Crippen LogP contribution in [0.15, 0.2) is 72.8 Å². The lowest BCUT2D eigenvalue weighted by molar-refractivity contribution is 0.236. The molecule has 0 fully saturated rings. The van der Waals surface area contributed by atoms with Crippen molar-refractivity contribution in [3.05, 3.63) is 84.0 Å². The standard InChI is InChI=1S/C19H17O2P/c1-14-7-6-8-15(13-14)22(20)19-12-5-3-10-17(19)16-9-2-4-11-18(16)21-22/h2-13,16,18H,1H3. The van der Waals surface area contributed by atoms with Crippen molar-refractivity contribution < 1.29 is 9.09 Å². The Labute approximate surface area is 130 Å². The van der Waals surface area contributed by atoms with Gasteiger partial charge in [-0.05, 0) is 30.7 Å². The topological polar surface area (TPSA) is 26.3 Å². The zero-order valence-electron chi connectivity index (χ0n) is 12.3. The number of allylic oxidation sites excluding steroid dienone is 2. The van der Waals surface area contributed by atoms with E-state index in [1.807, 2.05) is 67.6 Å². The Bertz CT molecular complexity index is 835. The number of hydrogen-bond donors (Lipinski definition) is 0. The molecule has 4 rings (SSSR count). The lowest BCUT2D eigenvalue weighted by atomic mass is 9.90. The van der Waals surface area contributed by atoms with Gasteiger partial charge >= 0.3 is 0 Å². The predicted octanol–water partition coefficient (Wildman–Crippen LogP) is 3.83. The van der Waals surface area contributed by atoms with Gasteiger partial charge in [0.2, 0.25) is 0 Å². The van der Waals surface area contributed by atoms with E-state index in [2.05, 4.69) is 12.1 Å². The van der Waals surface area contributed by atoms with E-state index < -0.39 is 7.37 Å². The van der Waals surface area contributed by atoms with E-state index in [9.17, 15) is 4.57 Å². The van der Waals surface area contributed by atoms with Crippen LogP contribution < -0.4 is 10.6 Å². The smallest absolute Gasteiger partial charge is 0.262 e. The first kappa shape index (κ1) is 13.8. The van der Waals surface area contributed by atoms with Crippen LogP contribution in [0.25, 0.3) is 0 Å². The molecule has 0 N–H and O–H groups in total. The minimum Gasteiger partial charge on any atom is -0.314 e. The Morgan fingerprint density at radius 3 is 2.68 bits per heavy atom. The third-order valence-corrected chi connectivity index (χ3v) is 6.85. The van der Waals surface area contributed by atoms with Gasteiger partial charge in [-0.2, -0.15) is 0 Å². The summed E-state index contributed by atoms with van der Waals surface area (Å²) in [7, 11) is -3.06. The van der Waals surface area contributed by atoms with Crippen molar-refractivity contribution in [2.24, 2.45) is 0 Å². The van der Waals surface area contributed by atoms with Gasteiger partial charge in [0.15, 0.2) is 0 Å². The molecule has 0 spiro atoms. The normalized spacial score (nSPS) is 29.0. The zero-order valence-corrected chi connectivity index (χ0v) is 13.2. The Morgan fingerprint density at radius 2 is 1.82 bits per heavy atom. The molecule has 1 aliphatic carbocycles. The second-order valence-corrected chi connectivity index (χ2v) is 8.13. The molecule has 110 valence electrons. The highest BCUT2D eigenvalue weighted by molar-refractivity contribution is 7.74. The van der Waals surface area contributed by atoms with E-state index in [0.29, 0.717) is 0 Å². The first-order chi connectivity index (χ1) is 10.7. The highest BCUT2D eigenvalue weighted by Gasteiger charge is 2.42. The molecular weight excluding hydrogens is 291 g/mol. The Morgan fingerprint density at radius 1 is 1.00 bits per heavy atom. The lowest BCUT2D eigenvalue weighted by Gasteiger charge is -2.36. The average Bonchev–Trinajstić information content (AvgIpc) is 2.55. The summed E-state index contributed by atoms with van der Waals surface area (Å²) in [6.07, 6.45) is 7.97. The van der Waals surface area contributed by atoms with Crippen LogP contribution in [0.5, 0.6) is 0 Å². The summed E-state index contributed by atoms with van der Waals surface area (Å²) in [4.78, 5) is 0. The molecule has 2 aromatic carbocycles. The molecular formula is C19H17O2P. The lowest BCUT2D eigenvalue weighted by Crippen LogP contribution is -2.35. The highest BCUT2D eigenvalue weighted by atomic mass is 31.2. The van der Waals surface area contributed by atoms with Gasteiger partial charge < -0.3 is 4.52 Å². The molecule has 0 aromatic heterocycles. The molecule has 0 bridgehead atoms. The maximum Gasteiger partial charge on any atom is 0.262 e. The monoisotopic (exact) mass is 308 g/mol. The van der Waals surface area contributed by atoms with Crippen LogP contribution >= 0.6 is 7.37 Å². The molecule has 3 unspecified atom stereocenters. The van der Waals surface area contributed by atoms with Gasteiger partial charge in [0.25, 0.3) is 7.37 Å². The fraction of sp³-hybridized carbons (Fsp3) is 0.158. The van der Waals surface area contributed by atoms with Gasteiger partial charge in [-0.15, -0.1) is 0 Å². The zero-order chi connectivity index (χ0) is 15.2. The highest BCUT2D eigenvalue weighted by Crippen LogP contribution is 2.54. The van der Waals surface area contributed by atoms with Crippen LogP contribution in [0, 0.1) is 6.92 Å². The van der Waals surface area contributed by atoms with Crippen LogP contribution in [0.3, 0.4) is 0 Å². The molecule has 3 atom stereocenters. The van der Waals surface area contributed by atoms with E-state index >= 15 is 0 Å². The first-order valence-electron chi connectivity index (χ1n) is 7.49. The van der Waals surface area contributed by atoms with Gasteiger partial charge in [0.1, 0.15) is 0 Å². The van der Waals surface area contributed by atoms with E-state index in [1.54, 1.807) is 0 Å². The fourth-order valence-electron chi connectivity index (χ4n) is 3.24. The molecule has 22 heavy (non-hydrogen) atoms. The molecule has 0 radical (unpaired) electrons.